The van der Waals surface area contributed by atoms with Crippen LogP contribution in [0, 0.1) is 0 Å². The molecule has 6 nitrogen and oxygen atoms in total. The molecule has 1 heterocycles. The van der Waals surface area contributed by atoms with Gasteiger partial charge in [-0.05, 0) is 46.9 Å². The van der Waals surface area contributed by atoms with Gasteiger partial charge in [0, 0.05) is 6.54 Å². The van der Waals surface area contributed by atoms with Crippen LogP contribution in [-0.2, 0) is 10.2 Å². The molecule has 0 aromatic heterocycles. The zero-order valence-corrected chi connectivity index (χ0v) is 20.5. The van der Waals surface area contributed by atoms with E-state index in [9.17, 15) is 19.2 Å². The van der Waals surface area contributed by atoms with Gasteiger partial charge in [0.15, 0.2) is 5.78 Å². The molecule has 4 rings (SSSR count). The molecule has 0 spiro atoms. The number of benzene rings is 3. The molecule has 2 amide bonds. The molecular weight excluding hydrogens is 454 g/mol. The van der Waals surface area contributed by atoms with Crippen LogP contribution in [0.25, 0.3) is 6.08 Å². The summed E-state index contributed by atoms with van der Waals surface area (Å²) in [7, 11) is 0. The maximum absolute atomic E-state index is 12.8. The van der Waals surface area contributed by atoms with Crippen LogP contribution in [0.15, 0.2) is 78.9 Å². The van der Waals surface area contributed by atoms with Crippen LogP contribution in [0.4, 0.5) is 0 Å². The van der Waals surface area contributed by atoms with Crippen LogP contribution in [0.3, 0.4) is 0 Å². The summed E-state index contributed by atoms with van der Waals surface area (Å²) in [6.45, 7) is 6.31. The summed E-state index contributed by atoms with van der Waals surface area (Å²) in [5, 5.41) is 0. The van der Waals surface area contributed by atoms with Crippen molar-refractivity contribution in [1.29, 1.82) is 0 Å². The molecule has 36 heavy (non-hydrogen) atoms. The summed E-state index contributed by atoms with van der Waals surface area (Å²) < 4.78 is 5.44. The van der Waals surface area contributed by atoms with E-state index in [1.807, 2.05) is 24.3 Å². The summed E-state index contributed by atoms with van der Waals surface area (Å²) in [5.41, 5.74) is 3.02. The Balaban J connectivity index is 1.39. The number of nitrogens with zero attached hydrogens (tertiary/aromatic N) is 1. The number of fused-ring (bicyclic) bond motifs is 1. The van der Waals surface area contributed by atoms with Gasteiger partial charge >= 0.3 is 5.97 Å². The molecule has 0 radical (unpaired) electrons. The van der Waals surface area contributed by atoms with Crippen molar-refractivity contribution in [3.63, 3.8) is 0 Å². The number of hydrogen-bond acceptors (Lipinski definition) is 5. The first-order chi connectivity index (χ1) is 17.1. The highest BCUT2D eigenvalue weighted by Gasteiger charge is 2.35. The van der Waals surface area contributed by atoms with E-state index < -0.39 is 17.8 Å². The van der Waals surface area contributed by atoms with Crippen LogP contribution >= 0.6 is 0 Å². The number of amides is 2. The summed E-state index contributed by atoms with van der Waals surface area (Å²) in [6.07, 6.45) is 2.97. The van der Waals surface area contributed by atoms with Crippen molar-refractivity contribution in [3.05, 3.63) is 107 Å². The van der Waals surface area contributed by atoms with Crippen LogP contribution in [0.2, 0.25) is 0 Å². The lowest BCUT2D eigenvalue weighted by Gasteiger charge is -2.18. The van der Waals surface area contributed by atoms with Gasteiger partial charge in [-0.25, -0.2) is 0 Å². The van der Waals surface area contributed by atoms with E-state index in [0.29, 0.717) is 11.1 Å². The Morgan fingerprint density at radius 2 is 1.42 bits per heavy atom. The molecule has 6 heteroatoms. The topological polar surface area (TPSA) is 80.8 Å². The van der Waals surface area contributed by atoms with Crippen molar-refractivity contribution in [3.8, 4) is 5.75 Å². The Morgan fingerprint density at radius 3 is 2.03 bits per heavy atom. The Bertz CT molecular complexity index is 1330. The van der Waals surface area contributed by atoms with E-state index in [1.165, 1.54) is 11.6 Å². The van der Waals surface area contributed by atoms with Crippen molar-refractivity contribution in [1.82, 2.24) is 4.90 Å². The van der Waals surface area contributed by atoms with Gasteiger partial charge in [-0.1, -0.05) is 75.4 Å². The van der Waals surface area contributed by atoms with Crippen molar-refractivity contribution < 1.29 is 23.9 Å². The SMILES string of the molecule is CC(C)(C)c1ccc(/C=C/C(=O)c2ccccc2OC(=O)CCN2C(=O)c3ccccc3C2=O)cc1. The second-order valence-electron chi connectivity index (χ2n) is 9.60. The van der Waals surface area contributed by atoms with E-state index in [4.69, 9.17) is 4.74 Å². The number of rotatable bonds is 7. The number of ketones is 1. The maximum atomic E-state index is 12.8. The normalized spacial score (nSPS) is 13.2. The van der Waals surface area contributed by atoms with E-state index in [-0.39, 0.29) is 35.5 Å². The molecule has 1 aliphatic rings. The average molecular weight is 482 g/mol. The van der Waals surface area contributed by atoms with Crippen molar-refractivity contribution in [2.75, 3.05) is 6.54 Å². The summed E-state index contributed by atoms with van der Waals surface area (Å²) >= 11 is 0. The molecule has 182 valence electrons. The number of imide groups is 1. The predicted molar refractivity (Wildman–Crippen MR) is 137 cm³/mol. The lowest BCUT2D eigenvalue weighted by Crippen LogP contribution is -2.32. The quantitative estimate of drug-likeness (QED) is 0.147. The first-order valence-corrected chi connectivity index (χ1v) is 11.7. The third kappa shape index (κ3) is 5.33. The molecule has 0 N–H and O–H groups in total. The molecule has 3 aromatic rings. The van der Waals surface area contributed by atoms with E-state index in [2.05, 4.69) is 20.8 Å². The average Bonchev–Trinajstić information content (AvgIpc) is 3.11. The Morgan fingerprint density at radius 1 is 0.833 bits per heavy atom. The van der Waals surface area contributed by atoms with Gasteiger partial charge in [0.2, 0.25) is 0 Å². The molecule has 0 aliphatic carbocycles. The van der Waals surface area contributed by atoms with Crippen molar-refractivity contribution in [2.45, 2.75) is 32.6 Å². The second kappa shape index (κ2) is 10.1. The largest absolute Gasteiger partial charge is 0.426 e. The van der Waals surface area contributed by atoms with Gasteiger partial charge in [0.05, 0.1) is 23.1 Å². The van der Waals surface area contributed by atoms with Crippen LogP contribution in [-0.4, -0.2) is 35.0 Å². The van der Waals surface area contributed by atoms with Crippen LogP contribution < -0.4 is 4.74 Å². The van der Waals surface area contributed by atoms with E-state index in [0.717, 1.165) is 10.5 Å². The fourth-order valence-corrected chi connectivity index (χ4v) is 3.93. The monoisotopic (exact) mass is 481 g/mol. The van der Waals surface area contributed by atoms with Crippen molar-refractivity contribution in [2.24, 2.45) is 0 Å². The fourth-order valence-electron chi connectivity index (χ4n) is 3.93. The number of carbonyl (C=O) groups excluding carboxylic acids is 4. The Labute approximate surface area is 210 Å². The molecule has 0 atom stereocenters. The van der Waals surface area contributed by atoms with Gasteiger partial charge in [-0.3, -0.25) is 24.1 Å². The van der Waals surface area contributed by atoms with Gasteiger partial charge in [0.25, 0.3) is 11.8 Å². The Hall–Kier alpha value is -4.32. The maximum Gasteiger partial charge on any atom is 0.313 e. The minimum atomic E-state index is -0.645. The number of ether oxygens (including phenoxy) is 1. The molecule has 3 aromatic carbocycles. The van der Waals surface area contributed by atoms with Gasteiger partial charge in [-0.2, -0.15) is 0 Å². The number of carbonyl (C=O) groups is 4. The third-order valence-corrected chi connectivity index (χ3v) is 6.00. The lowest BCUT2D eigenvalue weighted by molar-refractivity contribution is -0.134. The van der Waals surface area contributed by atoms with Crippen molar-refractivity contribution >= 4 is 29.6 Å². The molecule has 0 saturated heterocycles. The molecule has 1 aliphatic heterocycles. The molecule has 0 fully saturated rings. The minimum absolute atomic E-state index is 0.0419. The van der Waals surface area contributed by atoms with E-state index in [1.54, 1.807) is 54.6 Å². The number of hydrogen-bond donors (Lipinski definition) is 0. The predicted octanol–water partition coefficient (Wildman–Crippen LogP) is 5.47. The first kappa shape index (κ1) is 24.8. The number of allylic oxidation sites excluding steroid dienone is 1. The van der Waals surface area contributed by atoms with Crippen LogP contribution in [0.1, 0.15) is 69.4 Å². The summed E-state index contributed by atoms with van der Waals surface area (Å²) in [6, 6.07) is 21.0. The van der Waals surface area contributed by atoms with Gasteiger partial charge < -0.3 is 4.74 Å². The third-order valence-electron chi connectivity index (χ3n) is 6.00. The molecule has 0 saturated carbocycles. The molecule has 0 bridgehead atoms. The van der Waals surface area contributed by atoms with Gasteiger partial charge in [0.1, 0.15) is 5.75 Å². The number of para-hydroxylation sites is 1. The number of esters is 1. The standard InChI is InChI=1S/C30H27NO5/c1-30(2,3)21-15-12-20(13-16-21)14-17-25(32)24-10-6-7-11-26(24)36-27(33)18-19-31-28(34)22-8-4-5-9-23(22)29(31)35/h4-17H,18-19H2,1-3H3/b17-14+. The van der Waals surface area contributed by atoms with Gasteiger partial charge in [-0.15, -0.1) is 0 Å². The fraction of sp³-hybridized carbons (Fsp3) is 0.200. The zero-order chi connectivity index (χ0) is 25.9. The molecular formula is C30H27NO5. The summed E-state index contributed by atoms with van der Waals surface area (Å²) in [5.74, 6) is -1.69. The zero-order valence-electron chi connectivity index (χ0n) is 20.5. The smallest absolute Gasteiger partial charge is 0.313 e. The lowest BCUT2D eigenvalue weighted by atomic mass is 9.87. The minimum Gasteiger partial charge on any atom is -0.426 e. The highest BCUT2D eigenvalue weighted by molar-refractivity contribution is 6.21. The summed E-state index contributed by atoms with van der Waals surface area (Å²) in [4.78, 5) is 51.4. The highest BCUT2D eigenvalue weighted by Crippen LogP contribution is 2.25. The highest BCUT2D eigenvalue weighted by atomic mass is 16.5. The Kier molecular flexibility index (Phi) is 6.97. The van der Waals surface area contributed by atoms with E-state index >= 15 is 0 Å². The van der Waals surface area contributed by atoms with Crippen LogP contribution in [0.5, 0.6) is 5.75 Å². The second-order valence-corrected chi connectivity index (χ2v) is 9.60. The molecule has 0 unspecified atom stereocenters. The first-order valence-electron chi connectivity index (χ1n) is 11.7.